The van der Waals surface area contributed by atoms with Crippen LogP contribution in [0, 0.1) is 6.92 Å². The molecule has 17 heavy (non-hydrogen) atoms. The number of nitrogens with zero attached hydrogens (tertiary/aromatic N) is 1. The van der Waals surface area contributed by atoms with Crippen molar-refractivity contribution in [1.82, 2.24) is 15.6 Å². The van der Waals surface area contributed by atoms with E-state index in [4.69, 9.17) is 4.42 Å². The monoisotopic (exact) mass is 245 g/mol. The summed E-state index contributed by atoms with van der Waals surface area (Å²) in [5.41, 5.74) is 0.600. The molecular formula is C10H13F2N3O2. The molecular weight excluding hydrogens is 232 g/mol. The van der Waals surface area contributed by atoms with E-state index in [1.807, 2.05) is 0 Å². The number of aryl methyl sites for hydroxylation is 1. The summed E-state index contributed by atoms with van der Waals surface area (Å²) in [5.74, 6) is -2.63. The van der Waals surface area contributed by atoms with E-state index < -0.39 is 30.8 Å². The van der Waals surface area contributed by atoms with E-state index in [0.29, 0.717) is 11.5 Å². The Kier molecular flexibility index (Phi) is 3.10. The highest BCUT2D eigenvalue weighted by Gasteiger charge is 2.42. The van der Waals surface area contributed by atoms with Gasteiger partial charge in [-0.15, -0.1) is 0 Å². The van der Waals surface area contributed by atoms with Gasteiger partial charge in [0.15, 0.2) is 6.39 Å². The van der Waals surface area contributed by atoms with Crippen molar-refractivity contribution in [2.75, 3.05) is 6.54 Å². The summed E-state index contributed by atoms with van der Waals surface area (Å²) in [5, 5.41) is 5.03. The molecule has 7 heteroatoms. The Bertz CT molecular complexity index is 419. The van der Waals surface area contributed by atoms with Gasteiger partial charge in [0.25, 0.3) is 5.92 Å². The maximum absolute atomic E-state index is 12.9. The zero-order valence-electron chi connectivity index (χ0n) is 9.30. The molecule has 2 N–H and O–H groups in total. The molecule has 1 fully saturated rings. The van der Waals surface area contributed by atoms with Crippen molar-refractivity contribution in [3.8, 4) is 0 Å². The second kappa shape index (κ2) is 4.40. The SMILES string of the molecule is Cc1ocnc1CNC(=O)C1CC(F)(F)CN1. The van der Waals surface area contributed by atoms with Crippen molar-refractivity contribution in [1.29, 1.82) is 0 Å². The summed E-state index contributed by atoms with van der Waals surface area (Å²) in [4.78, 5) is 15.5. The number of hydrogen-bond donors (Lipinski definition) is 2. The van der Waals surface area contributed by atoms with Crippen LogP contribution in [0.5, 0.6) is 0 Å². The van der Waals surface area contributed by atoms with Crippen molar-refractivity contribution < 1.29 is 18.0 Å². The minimum Gasteiger partial charge on any atom is -0.448 e. The molecule has 1 aliphatic rings. The quantitative estimate of drug-likeness (QED) is 0.818. The van der Waals surface area contributed by atoms with E-state index in [2.05, 4.69) is 15.6 Å². The standard InChI is InChI=1S/C10H13F2N3O2/c1-6-8(15-5-17-6)3-13-9(16)7-2-10(11,12)4-14-7/h5,7,14H,2-4H2,1H3,(H,13,16). The predicted molar refractivity (Wildman–Crippen MR) is 54.4 cm³/mol. The van der Waals surface area contributed by atoms with Gasteiger partial charge in [-0.1, -0.05) is 0 Å². The fourth-order valence-corrected chi connectivity index (χ4v) is 1.69. The third kappa shape index (κ3) is 2.79. The number of amides is 1. The van der Waals surface area contributed by atoms with Crippen LogP contribution in [0.15, 0.2) is 10.8 Å². The number of rotatable bonds is 3. The molecule has 0 spiro atoms. The molecule has 1 aliphatic heterocycles. The zero-order valence-corrected chi connectivity index (χ0v) is 9.30. The summed E-state index contributed by atoms with van der Waals surface area (Å²) < 4.78 is 30.7. The smallest absolute Gasteiger partial charge is 0.262 e. The molecule has 0 saturated carbocycles. The zero-order chi connectivity index (χ0) is 12.5. The van der Waals surface area contributed by atoms with Crippen LogP contribution in [0.3, 0.4) is 0 Å². The van der Waals surface area contributed by atoms with Gasteiger partial charge in [-0.25, -0.2) is 13.8 Å². The van der Waals surface area contributed by atoms with Crippen LogP contribution in [-0.2, 0) is 11.3 Å². The lowest BCUT2D eigenvalue weighted by Crippen LogP contribution is -2.40. The molecule has 1 aromatic heterocycles. The Labute approximate surface area is 96.6 Å². The molecule has 1 amide bonds. The van der Waals surface area contributed by atoms with Gasteiger partial charge >= 0.3 is 0 Å². The Balaban J connectivity index is 1.85. The molecule has 0 radical (unpaired) electrons. The lowest BCUT2D eigenvalue weighted by Gasteiger charge is -2.10. The number of aromatic nitrogens is 1. The van der Waals surface area contributed by atoms with Crippen molar-refractivity contribution >= 4 is 5.91 Å². The normalized spacial score (nSPS) is 22.6. The molecule has 0 aliphatic carbocycles. The minimum absolute atomic E-state index is 0.185. The largest absolute Gasteiger partial charge is 0.448 e. The van der Waals surface area contributed by atoms with Crippen LogP contribution >= 0.6 is 0 Å². The van der Waals surface area contributed by atoms with Gasteiger partial charge in [-0.05, 0) is 6.92 Å². The molecule has 0 aromatic carbocycles. The van der Waals surface area contributed by atoms with Crippen LogP contribution < -0.4 is 10.6 Å². The van der Waals surface area contributed by atoms with Gasteiger partial charge in [0, 0.05) is 6.42 Å². The van der Waals surface area contributed by atoms with Gasteiger partial charge in [-0.3, -0.25) is 10.1 Å². The van der Waals surface area contributed by atoms with Crippen LogP contribution in [0.2, 0.25) is 0 Å². The fraction of sp³-hybridized carbons (Fsp3) is 0.600. The first-order valence-electron chi connectivity index (χ1n) is 5.26. The Morgan fingerprint density at radius 2 is 2.53 bits per heavy atom. The summed E-state index contributed by atoms with van der Waals surface area (Å²) >= 11 is 0. The van der Waals surface area contributed by atoms with E-state index in [1.165, 1.54) is 6.39 Å². The lowest BCUT2D eigenvalue weighted by atomic mass is 10.2. The van der Waals surface area contributed by atoms with Crippen LogP contribution in [0.4, 0.5) is 8.78 Å². The van der Waals surface area contributed by atoms with Gasteiger partial charge in [0.1, 0.15) is 11.5 Å². The molecule has 1 aromatic rings. The predicted octanol–water partition coefficient (Wildman–Crippen LogP) is 0.596. The van der Waals surface area contributed by atoms with Crippen LogP contribution in [0.1, 0.15) is 17.9 Å². The first-order valence-corrected chi connectivity index (χ1v) is 5.26. The first-order chi connectivity index (χ1) is 7.98. The third-order valence-corrected chi connectivity index (χ3v) is 2.70. The molecule has 94 valence electrons. The number of oxazole rings is 1. The maximum Gasteiger partial charge on any atom is 0.262 e. The van der Waals surface area contributed by atoms with E-state index in [1.54, 1.807) is 6.92 Å². The van der Waals surface area contributed by atoms with Crippen molar-refractivity contribution in [2.45, 2.75) is 31.9 Å². The summed E-state index contributed by atoms with van der Waals surface area (Å²) in [7, 11) is 0. The molecule has 1 saturated heterocycles. The maximum atomic E-state index is 12.9. The highest BCUT2D eigenvalue weighted by molar-refractivity contribution is 5.82. The Morgan fingerprint density at radius 3 is 3.06 bits per heavy atom. The highest BCUT2D eigenvalue weighted by atomic mass is 19.3. The molecule has 2 heterocycles. The number of carbonyl (C=O) groups is 1. The van der Waals surface area contributed by atoms with E-state index >= 15 is 0 Å². The van der Waals surface area contributed by atoms with Crippen molar-refractivity contribution in [2.24, 2.45) is 0 Å². The summed E-state index contributed by atoms with van der Waals surface area (Å²) in [6.45, 7) is 1.45. The number of alkyl halides is 2. The van der Waals surface area contributed by atoms with E-state index in [-0.39, 0.29) is 6.54 Å². The number of hydrogen-bond acceptors (Lipinski definition) is 4. The molecule has 1 unspecified atom stereocenters. The Morgan fingerprint density at radius 1 is 1.76 bits per heavy atom. The third-order valence-electron chi connectivity index (χ3n) is 2.70. The van der Waals surface area contributed by atoms with Gasteiger partial charge < -0.3 is 9.73 Å². The number of halogens is 2. The Hall–Kier alpha value is -1.50. The second-order valence-electron chi connectivity index (χ2n) is 4.07. The first kappa shape index (κ1) is 12.0. The summed E-state index contributed by atoms with van der Waals surface area (Å²) in [6, 6.07) is -0.836. The molecule has 2 rings (SSSR count). The topological polar surface area (TPSA) is 67.2 Å². The minimum atomic E-state index is -2.80. The average molecular weight is 245 g/mol. The fourth-order valence-electron chi connectivity index (χ4n) is 1.69. The van der Waals surface area contributed by atoms with E-state index in [9.17, 15) is 13.6 Å². The number of nitrogens with one attached hydrogen (secondary N) is 2. The average Bonchev–Trinajstić information content (AvgIpc) is 2.81. The molecule has 5 nitrogen and oxygen atoms in total. The van der Waals surface area contributed by atoms with Crippen LogP contribution in [0.25, 0.3) is 0 Å². The van der Waals surface area contributed by atoms with Gasteiger partial charge in [0.2, 0.25) is 5.91 Å². The van der Waals surface area contributed by atoms with Gasteiger partial charge in [-0.2, -0.15) is 0 Å². The van der Waals surface area contributed by atoms with Crippen molar-refractivity contribution in [3.63, 3.8) is 0 Å². The highest BCUT2D eigenvalue weighted by Crippen LogP contribution is 2.25. The lowest BCUT2D eigenvalue weighted by molar-refractivity contribution is -0.123. The van der Waals surface area contributed by atoms with Crippen molar-refractivity contribution in [3.05, 3.63) is 17.8 Å². The van der Waals surface area contributed by atoms with Crippen LogP contribution in [-0.4, -0.2) is 29.4 Å². The summed E-state index contributed by atoms with van der Waals surface area (Å²) in [6.07, 6.45) is 0.815. The number of carbonyl (C=O) groups excluding carboxylic acids is 1. The van der Waals surface area contributed by atoms with E-state index in [0.717, 1.165) is 0 Å². The second-order valence-corrected chi connectivity index (χ2v) is 4.07. The molecule has 1 atom stereocenters. The van der Waals surface area contributed by atoms with Gasteiger partial charge in [0.05, 0.1) is 19.1 Å². The molecule has 0 bridgehead atoms.